The molecule has 0 saturated carbocycles. The predicted molar refractivity (Wildman–Crippen MR) is 105 cm³/mol. The highest BCUT2D eigenvalue weighted by Gasteiger charge is 2.07. The van der Waals surface area contributed by atoms with E-state index >= 15 is 0 Å². The van der Waals surface area contributed by atoms with E-state index in [-0.39, 0.29) is 18.0 Å². The summed E-state index contributed by atoms with van der Waals surface area (Å²) < 4.78 is 5.85. The van der Waals surface area contributed by atoms with Crippen LogP contribution in [0.15, 0.2) is 59.0 Å². The summed E-state index contributed by atoms with van der Waals surface area (Å²) in [6, 6.07) is 16.5. The fourth-order valence-electron chi connectivity index (χ4n) is 2.47. The van der Waals surface area contributed by atoms with Gasteiger partial charge in [0.05, 0.1) is 12.1 Å². The third kappa shape index (κ3) is 4.88. The van der Waals surface area contributed by atoms with Crippen LogP contribution in [0.25, 0.3) is 11.3 Å². The molecule has 26 heavy (non-hydrogen) atoms. The zero-order valence-corrected chi connectivity index (χ0v) is 15.7. The van der Waals surface area contributed by atoms with E-state index in [1.54, 1.807) is 24.3 Å². The number of carboxylic acid groups (broad SMARTS) is 1. The number of furan rings is 1. The molecule has 1 heterocycles. The van der Waals surface area contributed by atoms with E-state index in [0.717, 1.165) is 33.2 Å². The standard InChI is InChI=1S/C20H18ClNO3.ClH/c1-13-2-5-16(10-18(13)21)19-9-8-17(25-19)12-22-11-14-3-6-15(7-4-14)20(23)24;/h2-10,22H,11-12H2,1H3,(H,23,24);1H. The van der Waals surface area contributed by atoms with Crippen molar-refractivity contribution in [3.63, 3.8) is 0 Å². The van der Waals surface area contributed by atoms with Crippen molar-refractivity contribution >= 4 is 30.0 Å². The molecule has 0 unspecified atom stereocenters. The van der Waals surface area contributed by atoms with Gasteiger partial charge in [0.1, 0.15) is 11.5 Å². The number of hydrogen-bond donors (Lipinski definition) is 2. The predicted octanol–water partition coefficient (Wildman–Crippen LogP) is 5.32. The van der Waals surface area contributed by atoms with Crippen LogP contribution >= 0.6 is 24.0 Å². The lowest BCUT2D eigenvalue weighted by molar-refractivity contribution is 0.0697. The van der Waals surface area contributed by atoms with E-state index in [9.17, 15) is 4.79 Å². The van der Waals surface area contributed by atoms with Crippen molar-refractivity contribution in [2.24, 2.45) is 0 Å². The molecule has 0 aliphatic heterocycles. The van der Waals surface area contributed by atoms with Gasteiger partial charge in [-0.15, -0.1) is 12.4 Å². The van der Waals surface area contributed by atoms with Crippen molar-refractivity contribution in [2.45, 2.75) is 20.0 Å². The van der Waals surface area contributed by atoms with E-state index in [0.29, 0.717) is 13.1 Å². The second-order valence-corrected chi connectivity index (χ2v) is 6.24. The minimum atomic E-state index is -0.918. The van der Waals surface area contributed by atoms with Crippen LogP contribution < -0.4 is 5.32 Å². The summed E-state index contributed by atoms with van der Waals surface area (Å²) in [6.07, 6.45) is 0. The van der Waals surface area contributed by atoms with Crippen molar-refractivity contribution in [3.05, 3.63) is 82.1 Å². The maximum Gasteiger partial charge on any atom is 0.335 e. The summed E-state index contributed by atoms with van der Waals surface area (Å²) in [4.78, 5) is 10.8. The van der Waals surface area contributed by atoms with Crippen LogP contribution in [0.2, 0.25) is 5.02 Å². The van der Waals surface area contributed by atoms with Crippen LogP contribution in [-0.2, 0) is 13.1 Å². The Balaban J connectivity index is 0.00000243. The van der Waals surface area contributed by atoms with Crippen molar-refractivity contribution in [1.82, 2.24) is 5.32 Å². The minimum absolute atomic E-state index is 0. The van der Waals surface area contributed by atoms with Gasteiger partial charge in [0.15, 0.2) is 0 Å². The number of nitrogens with one attached hydrogen (secondary N) is 1. The molecule has 3 aromatic rings. The fraction of sp³-hybridized carbons (Fsp3) is 0.150. The molecule has 6 heteroatoms. The zero-order valence-electron chi connectivity index (χ0n) is 14.2. The molecule has 0 aliphatic rings. The maximum absolute atomic E-state index is 10.8. The SMILES string of the molecule is Cc1ccc(-c2ccc(CNCc3ccc(C(=O)O)cc3)o2)cc1Cl.Cl. The van der Waals surface area contributed by atoms with Gasteiger partial charge in [-0.05, 0) is 48.4 Å². The van der Waals surface area contributed by atoms with Gasteiger partial charge >= 0.3 is 5.97 Å². The van der Waals surface area contributed by atoms with Crippen molar-refractivity contribution < 1.29 is 14.3 Å². The van der Waals surface area contributed by atoms with Crippen molar-refractivity contribution in [2.75, 3.05) is 0 Å². The van der Waals surface area contributed by atoms with E-state index in [2.05, 4.69) is 5.32 Å². The normalized spacial score (nSPS) is 10.4. The van der Waals surface area contributed by atoms with Crippen LogP contribution in [0.3, 0.4) is 0 Å². The second kappa shape index (κ2) is 8.90. The number of aryl methyl sites for hydroxylation is 1. The average Bonchev–Trinajstić information content (AvgIpc) is 3.07. The highest BCUT2D eigenvalue weighted by atomic mass is 35.5. The van der Waals surface area contributed by atoms with Crippen molar-refractivity contribution in [3.8, 4) is 11.3 Å². The Kier molecular flexibility index (Phi) is 6.86. The lowest BCUT2D eigenvalue weighted by Crippen LogP contribution is -2.12. The number of rotatable bonds is 6. The quantitative estimate of drug-likeness (QED) is 0.596. The Bertz CT molecular complexity index is 888. The van der Waals surface area contributed by atoms with Gasteiger partial charge < -0.3 is 14.8 Å². The zero-order chi connectivity index (χ0) is 17.8. The highest BCUT2D eigenvalue weighted by Crippen LogP contribution is 2.26. The first-order valence-corrected chi connectivity index (χ1v) is 8.29. The van der Waals surface area contributed by atoms with Crippen LogP contribution in [0.5, 0.6) is 0 Å². The van der Waals surface area contributed by atoms with Gasteiger partial charge in [-0.2, -0.15) is 0 Å². The third-order valence-electron chi connectivity index (χ3n) is 3.95. The molecule has 2 aromatic carbocycles. The molecule has 0 saturated heterocycles. The Morgan fingerprint density at radius 3 is 2.46 bits per heavy atom. The molecule has 0 fully saturated rings. The van der Waals surface area contributed by atoms with Crippen LogP contribution in [0.4, 0.5) is 0 Å². The summed E-state index contributed by atoms with van der Waals surface area (Å²) in [5.74, 6) is 0.692. The molecule has 1 aromatic heterocycles. The van der Waals surface area contributed by atoms with E-state index < -0.39 is 5.97 Å². The molecule has 0 aliphatic carbocycles. The maximum atomic E-state index is 10.8. The molecule has 0 spiro atoms. The largest absolute Gasteiger partial charge is 0.478 e. The first-order valence-electron chi connectivity index (χ1n) is 7.91. The molecular weight excluding hydrogens is 373 g/mol. The summed E-state index contributed by atoms with van der Waals surface area (Å²) in [6.45, 7) is 3.18. The minimum Gasteiger partial charge on any atom is -0.478 e. The highest BCUT2D eigenvalue weighted by molar-refractivity contribution is 6.31. The molecule has 3 rings (SSSR count). The molecule has 0 radical (unpaired) electrons. The second-order valence-electron chi connectivity index (χ2n) is 5.84. The molecular formula is C20H19Cl2NO3. The monoisotopic (exact) mass is 391 g/mol. The summed E-state index contributed by atoms with van der Waals surface area (Å²) in [7, 11) is 0. The molecule has 0 atom stereocenters. The molecule has 2 N–H and O–H groups in total. The lowest BCUT2D eigenvalue weighted by Gasteiger charge is -2.04. The Labute approximate surface area is 163 Å². The van der Waals surface area contributed by atoms with Crippen molar-refractivity contribution in [1.29, 1.82) is 0 Å². The van der Waals surface area contributed by atoms with E-state index in [1.165, 1.54) is 0 Å². The van der Waals surface area contributed by atoms with Crippen LogP contribution in [-0.4, -0.2) is 11.1 Å². The number of carbonyl (C=O) groups is 1. The molecule has 0 bridgehead atoms. The van der Waals surface area contributed by atoms with Crippen LogP contribution in [0.1, 0.15) is 27.2 Å². The van der Waals surface area contributed by atoms with Gasteiger partial charge in [0.2, 0.25) is 0 Å². The van der Waals surface area contributed by atoms with Gasteiger partial charge in [0.25, 0.3) is 0 Å². The summed E-state index contributed by atoms with van der Waals surface area (Å²) in [5.41, 5.74) is 3.29. The van der Waals surface area contributed by atoms with Gasteiger partial charge in [-0.3, -0.25) is 0 Å². The molecule has 136 valence electrons. The number of carboxylic acids is 1. The molecule has 0 amide bonds. The van der Waals surface area contributed by atoms with E-state index in [1.807, 2.05) is 37.3 Å². The molecule has 4 nitrogen and oxygen atoms in total. The average molecular weight is 392 g/mol. The van der Waals surface area contributed by atoms with Gasteiger partial charge in [-0.1, -0.05) is 35.9 Å². The first kappa shape index (κ1) is 20.0. The van der Waals surface area contributed by atoms with Gasteiger partial charge in [-0.25, -0.2) is 4.79 Å². The number of halogens is 2. The number of benzene rings is 2. The van der Waals surface area contributed by atoms with Crippen LogP contribution in [0, 0.1) is 6.92 Å². The topological polar surface area (TPSA) is 62.5 Å². The summed E-state index contributed by atoms with van der Waals surface area (Å²) >= 11 is 6.16. The Morgan fingerprint density at radius 1 is 1.08 bits per heavy atom. The summed E-state index contributed by atoms with van der Waals surface area (Å²) in [5, 5.41) is 12.9. The Hall–Kier alpha value is -2.27. The Morgan fingerprint density at radius 2 is 1.81 bits per heavy atom. The third-order valence-corrected chi connectivity index (χ3v) is 4.35. The lowest BCUT2D eigenvalue weighted by atomic mass is 10.1. The van der Waals surface area contributed by atoms with Gasteiger partial charge in [0, 0.05) is 17.1 Å². The fourth-order valence-corrected chi connectivity index (χ4v) is 2.65. The first-order chi connectivity index (χ1) is 12.0. The number of hydrogen-bond acceptors (Lipinski definition) is 3. The smallest absolute Gasteiger partial charge is 0.335 e. The number of aromatic carboxylic acids is 1. The van der Waals surface area contributed by atoms with E-state index in [4.69, 9.17) is 21.1 Å².